The topological polar surface area (TPSA) is 50.1 Å². The molecule has 10 heavy (non-hydrogen) atoms. The van der Waals surface area contributed by atoms with Crippen molar-refractivity contribution in [1.82, 2.24) is 0 Å². The molecule has 0 bridgehead atoms. The molecule has 60 valence electrons. The Labute approximate surface area is 64.2 Å². The molecule has 0 aromatic carbocycles. The molecule has 0 aliphatic rings. The number of isocyanates is 1. The summed E-state index contributed by atoms with van der Waals surface area (Å²) in [5.74, 6) is 0. The molecular weight excluding hydrogens is 146 g/mol. The fourth-order valence-corrected chi connectivity index (χ4v) is 1.17. The van der Waals surface area contributed by atoms with E-state index in [9.17, 15) is 0 Å². The highest BCUT2D eigenvalue weighted by Crippen LogP contribution is 1.84. The maximum atomic E-state index is 8.35. The summed E-state index contributed by atoms with van der Waals surface area (Å²) in [5.41, 5.74) is 0. The predicted molar refractivity (Wildman–Crippen MR) is 43.7 cm³/mol. The van der Waals surface area contributed by atoms with Crippen LogP contribution in [0.3, 0.4) is 0 Å². The van der Waals surface area contributed by atoms with Crippen molar-refractivity contribution in [3.8, 4) is 0 Å². The third-order valence-electron chi connectivity index (χ3n) is 0.846. The van der Waals surface area contributed by atoms with E-state index < -0.39 is 0 Å². The van der Waals surface area contributed by atoms with Crippen molar-refractivity contribution < 1.29 is 9.22 Å². The van der Waals surface area contributed by atoms with Crippen molar-refractivity contribution in [2.24, 2.45) is 0 Å². The van der Waals surface area contributed by atoms with Crippen LogP contribution in [-0.4, -0.2) is 22.4 Å². The molecule has 0 unspecified atom stereocenters. The Morgan fingerprint density at radius 3 is 2.40 bits per heavy atom. The first-order valence-corrected chi connectivity index (χ1v) is 5.02. The summed E-state index contributed by atoms with van der Waals surface area (Å²) in [4.78, 5) is 8.35. The number of carbonyl (C=O) groups excluding carboxylic acids is 1. The minimum Gasteiger partial charge on any atom is -0.424 e. The number of hydrogen-bond acceptors (Lipinski definition) is 3. The van der Waals surface area contributed by atoms with Gasteiger partial charge in [0.25, 0.3) is 0 Å². The molecule has 0 saturated heterocycles. The van der Waals surface area contributed by atoms with Crippen LogP contribution in [0.1, 0.15) is 20.3 Å². The molecule has 3 nitrogen and oxygen atoms in total. The quantitative estimate of drug-likeness (QED) is 0.287. The molecule has 0 aromatic rings. The molecule has 4 heteroatoms. The van der Waals surface area contributed by atoms with Gasteiger partial charge in [-0.25, -0.2) is 10.2 Å². The van der Waals surface area contributed by atoms with Crippen molar-refractivity contribution >= 4 is 15.8 Å². The summed E-state index contributed by atoms with van der Waals surface area (Å²) in [6.07, 6.45) is 2.05. The van der Waals surface area contributed by atoms with Gasteiger partial charge < -0.3 is 4.43 Å². The van der Waals surface area contributed by atoms with E-state index in [1.807, 2.05) is 0 Å². The van der Waals surface area contributed by atoms with Gasteiger partial charge in [0.2, 0.25) is 6.08 Å². The fourth-order valence-electron chi connectivity index (χ4n) is 0.391. The molecule has 0 aliphatic carbocycles. The van der Waals surface area contributed by atoms with Crippen LogP contribution in [0.15, 0.2) is 0 Å². The SMILES string of the molecule is CCC[SiH2]OCC.N=C=O. The van der Waals surface area contributed by atoms with Crippen LogP contribution >= 0.6 is 0 Å². The monoisotopic (exact) mass is 161 g/mol. The van der Waals surface area contributed by atoms with Gasteiger partial charge in [-0.05, 0) is 13.0 Å². The molecule has 0 rings (SSSR count). The minimum absolute atomic E-state index is 0.0887. The van der Waals surface area contributed by atoms with Crippen molar-refractivity contribution in [2.45, 2.75) is 26.3 Å². The Morgan fingerprint density at radius 1 is 1.60 bits per heavy atom. The van der Waals surface area contributed by atoms with Crippen LogP contribution in [0.5, 0.6) is 0 Å². The summed E-state index contributed by atoms with van der Waals surface area (Å²) in [6, 6.07) is 1.34. The zero-order chi connectivity index (χ0) is 8.24. The predicted octanol–water partition coefficient (Wildman–Crippen LogP) is 0.836. The Morgan fingerprint density at radius 2 is 2.10 bits per heavy atom. The van der Waals surface area contributed by atoms with Crippen LogP contribution in [0.4, 0.5) is 0 Å². The zero-order valence-corrected chi connectivity index (χ0v) is 8.06. The highest BCUT2D eigenvalue weighted by molar-refractivity contribution is 6.26. The number of hydrogen-bond donors (Lipinski definition) is 1. The largest absolute Gasteiger partial charge is 0.424 e. The van der Waals surface area contributed by atoms with Gasteiger partial charge in [0, 0.05) is 6.61 Å². The lowest BCUT2D eigenvalue weighted by Crippen LogP contribution is -1.95. The molecular formula is C6H15NO2Si. The van der Waals surface area contributed by atoms with E-state index in [0.29, 0.717) is 0 Å². The van der Waals surface area contributed by atoms with Crippen LogP contribution in [0, 0.1) is 5.41 Å². The lowest BCUT2D eigenvalue weighted by atomic mass is 10.6. The lowest BCUT2D eigenvalue weighted by Gasteiger charge is -1.93. The van der Waals surface area contributed by atoms with E-state index in [4.69, 9.17) is 14.6 Å². The van der Waals surface area contributed by atoms with Crippen molar-refractivity contribution in [1.29, 1.82) is 5.41 Å². The van der Waals surface area contributed by atoms with E-state index in [1.54, 1.807) is 0 Å². The second-order valence-electron chi connectivity index (χ2n) is 1.65. The first-order valence-electron chi connectivity index (χ1n) is 3.45. The highest BCUT2D eigenvalue weighted by Gasteiger charge is 1.80. The van der Waals surface area contributed by atoms with Gasteiger partial charge >= 0.3 is 0 Å². The van der Waals surface area contributed by atoms with Gasteiger partial charge in [-0.15, -0.1) is 0 Å². The van der Waals surface area contributed by atoms with Gasteiger partial charge in [0.15, 0.2) is 9.76 Å². The van der Waals surface area contributed by atoms with Crippen LogP contribution < -0.4 is 0 Å². The van der Waals surface area contributed by atoms with Crippen molar-refractivity contribution in [2.75, 3.05) is 6.61 Å². The molecule has 0 amide bonds. The van der Waals surface area contributed by atoms with Gasteiger partial charge in [0.1, 0.15) is 0 Å². The second kappa shape index (κ2) is 15.8. The summed E-state index contributed by atoms with van der Waals surface area (Å²) in [5, 5.41) is 5.40. The highest BCUT2D eigenvalue weighted by atomic mass is 28.2. The standard InChI is InChI=1S/C5H14OSi.CHNO/c1-3-5-7-6-4-2;2-1-3/h3-5,7H2,1-2H3;2H. The van der Waals surface area contributed by atoms with Crippen molar-refractivity contribution in [3.63, 3.8) is 0 Å². The maximum Gasteiger partial charge on any atom is 0.231 e. The van der Waals surface area contributed by atoms with Gasteiger partial charge in [-0.3, -0.25) is 0 Å². The maximum absolute atomic E-state index is 8.35. The Balaban J connectivity index is 0. The average molecular weight is 161 g/mol. The molecule has 0 heterocycles. The molecule has 0 fully saturated rings. The third-order valence-corrected chi connectivity index (χ3v) is 2.54. The number of rotatable bonds is 4. The van der Waals surface area contributed by atoms with Gasteiger partial charge in [0.05, 0.1) is 0 Å². The molecule has 0 radical (unpaired) electrons. The summed E-state index contributed by atoms with van der Waals surface area (Å²) >= 11 is 0. The van der Waals surface area contributed by atoms with Gasteiger partial charge in [-0.2, -0.15) is 0 Å². The molecule has 0 aromatic heterocycles. The minimum atomic E-state index is -0.0887. The lowest BCUT2D eigenvalue weighted by molar-refractivity contribution is 0.359. The van der Waals surface area contributed by atoms with E-state index in [0.717, 1.165) is 12.7 Å². The molecule has 1 N–H and O–H groups in total. The second-order valence-corrected chi connectivity index (χ2v) is 3.18. The summed E-state index contributed by atoms with van der Waals surface area (Å²) in [6.45, 7) is 5.18. The zero-order valence-electron chi connectivity index (χ0n) is 6.64. The molecule has 0 saturated carbocycles. The number of nitrogens with one attached hydrogen (secondary N) is 1. The van der Waals surface area contributed by atoms with Gasteiger partial charge in [-0.1, -0.05) is 13.3 Å². The van der Waals surface area contributed by atoms with E-state index in [2.05, 4.69) is 13.8 Å². The van der Waals surface area contributed by atoms with Crippen molar-refractivity contribution in [3.05, 3.63) is 0 Å². The summed E-state index contributed by atoms with van der Waals surface area (Å²) in [7, 11) is -0.0887. The first kappa shape index (κ1) is 12.3. The summed E-state index contributed by atoms with van der Waals surface area (Å²) < 4.78 is 5.21. The fraction of sp³-hybridized carbons (Fsp3) is 0.833. The van der Waals surface area contributed by atoms with E-state index in [-0.39, 0.29) is 9.76 Å². The Bertz CT molecular complexity index is 77.8. The average Bonchev–Trinajstić information content (AvgIpc) is 1.91. The normalized spacial score (nSPS) is 8.60. The van der Waals surface area contributed by atoms with E-state index >= 15 is 0 Å². The Kier molecular flexibility index (Phi) is 19.4. The smallest absolute Gasteiger partial charge is 0.231 e. The molecule has 0 aliphatic heterocycles. The third kappa shape index (κ3) is 25.7. The van der Waals surface area contributed by atoms with Crippen LogP contribution in [-0.2, 0) is 9.22 Å². The Hall–Kier alpha value is -0.443. The van der Waals surface area contributed by atoms with Crippen LogP contribution in [0.2, 0.25) is 6.04 Å². The van der Waals surface area contributed by atoms with Crippen LogP contribution in [0.25, 0.3) is 0 Å². The molecule has 0 spiro atoms. The first-order chi connectivity index (χ1) is 4.83. The van der Waals surface area contributed by atoms with E-state index in [1.165, 1.54) is 12.5 Å². The molecule has 0 atom stereocenters.